The lowest BCUT2D eigenvalue weighted by Crippen LogP contribution is -2.23. The first kappa shape index (κ1) is 8.72. The first-order chi connectivity index (χ1) is 6.18. The summed E-state index contributed by atoms with van der Waals surface area (Å²) in [6, 6.07) is 1.85. The Bertz CT molecular complexity index is 304. The largest absolute Gasteiger partial charge is 0.386 e. The number of aliphatic hydroxyl groups excluding tert-OH is 1. The molecule has 1 aromatic heterocycles. The van der Waals surface area contributed by atoms with Gasteiger partial charge in [-0.25, -0.2) is 0 Å². The molecule has 0 aromatic carbocycles. The fraction of sp³-hybridized carbons (Fsp3) is 0.667. The first-order valence-corrected chi connectivity index (χ1v) is 4.56. The van der Waals surface area contributed by atoms with E-state index in [0.717, 1.165) is 18.5 Å². The second-order valence-electron chi connectivity index (χ2n) is 3.88. The number of aryl methyl sites for hydroxylation is 1. The molecular formula is C9H15N3O. The zero-order chi connectivity index (χ0) is 9.47. The molecule has 1 heterocycles. The topological polar surface area (TPSA) is 64.1 Å². The zero-order valence-electron chi connectivity index (χ0n) is 7.77. The Balaban J connectivity index is 2.17. The van der Waals surface area contributed by atoms with Crippen molar-refractivity contribution in [2.75, 3.05) is 6.54 Å². The molecule has 0 aliphatic heterocycles. The van der Waals surface area contributed by atoms with E-state index in [0.29, 0.717) is 6.54 Å². The number of nitrogens with zero attached hydrogens (tertiary/aromatic N) is 2. The molecule has 1 saturated carbocycles. The molecule has 72 valence electrons. The van der Waals surface area contributed by atoms with Crippen molar-refractivity contribution in [2.24, 2.45) is 18.2 Å². The molecule has 1 aliphatic carbocycles. The maximum absolute atomic E-state index is 9.97. The van der Waals surface area contributed by atoms with Gasteiger partial charge in [-0.2, -0.15) is 5.10 Å². The van der Waals surface area contributed by atoms with Gasteiger partial charge in [0.2, 0.25) is 0 Å². The molecule has 1 atom stereocenters. The maximum Gasteiger partial charge on any atom is 0.105 e. The number of aliphatic hydroxyl groups is 1. The normalized spacial score (nSPS) is 21.5. The second kappa shape index (κ2) is 2.82. The summed E-state index contributed by atoms with van der Waals surface area (Å²) in [4.78, 5) is 0. The van der Waals surface area contributed by atoms with Crippen LogP contribution in [0.1, 0.15) is 24.6 Å². The molecule has 0 bridgehead atoms. The highest BCUT2D eigenvalue weighted by Gasteiger charge is 2.49. The van der Waals surface area contributed by atoms with Crippen molar-refractivity contribution < 1.29 is 5.11 Å². The summed E-state index contributed by atoms with van der Waals surface area (Å²) in [5.74, 6) is 0. The first-order valence-electron chi connectivity index (χ1n) is 4.56. The van der Waals surface area contributed by atoms with E-state index in [4.69, 9.17) is 5.73 Å². The van der Waals surface area contributed by atoms with Crippen LogP contribution >= 0.6 is 0 Å². The zero-order valence-corrected chi connectivity index (χ0v) is 7.77. The number of nitrogens with two attached hydrogens (primary N) is 1. The second-order valence-corrected chi connectivity index (χ2v) is 3.88. The Labute approximate surface area is 77.4 Å². The predicted octanol–water partition coefficient (Wildman–Crippen LogP) is 0.192. The molecule has 1 aromatic rings. The third kappa shape index (κ3) is 1.36. The minimum atomic E-state index is -0.487. The Morgan fingerprint density at radius 1 is 1.77 bits per heavy atom. The van der Waals surface area contributed by atoms with Crippen LogP contribution in [0.25, 0.3) is 0 Å². The van der Waals surface area contributed by atoms with Gasteiger partial charge in [0.1, 0.15) is 6.10 Å². The average Bonchev–Trinajstić information content (AvgIpc) is 2.82. The molecule has 0 radical (unpaired) electrons. The lowest BCUT2D eigenvalue weighted by Gasteiger charge is -2.17. The van der Waals surface area contributed by atoms with Gasteiger partial charge in [0, 0.05) is 25.2 Å². The van der Waals surface area contributed by atoms with E-state index < -0.39 is 6.10 Å². The van der Waals surface area contributed by atoms with Gasteiger partial charge in [-0.05, 0) is 18.9 Å². The molecular weight excluding hydrogens is 166 g/mol. The number of aromatic nitrogens is 2. The van der Waals surface area contributed by atoms with E-state index in [1.165, 1.54) is 0 Å². The molecule has 3 N–H and O–H groups in total. The third-order valence-electron chi connectivity index (χ3n) is 2.89. The molecule has 0 amide bonds. The van der Waals surface area contributed by atoms with Gasteiger partial charge in [-0.3, -0.25) is 4.68 Å². The van der Waals surface area contributed by atoms with Crippen LogP contribution in [-0.4, -0.2) is 21.4 Å². The molecule has 2 rings (SSSR count). The fourth-order valence-electron chi connectivity index (χ4n) is 1.64. The average molecular weight is 181 g/mol. The summed E-state index contributed by atoms with van der Waals surface area (Å²) in [6.45, 7) is 0.546. The summed E-state index contributed by atoms with van der Waals surface area (Å²) in [5.41, 5.74) is 6.29. The lowest BCUT2D eigenvalue weighted by molar-refractivity contribution is 0.0928. The number of rotatable bonds is 3. The Hall–Kier alpha value is -0.870. The van der Waals surface area contributed by atoms with E-state index in [1.807, 2.05) is 19.3 Å². The molecule has 4 heteroatoms. The summed E-state index contributed by atoms with van der Waals surface area (Å²) in [5, 5.41) is 14.1. The van der Waals surface area contributed by atoms with Crippen LogP contribution in [-0.2, 0) is 7.05 Å². The highest BCUT2D eigenvalue weighted by atomic mass is 16.3. The van der Waals surface area contributed by atoms with Crippen LogP contribution in [0, 0.1) is 5.41 Å². The van der Waals surface area contributed by atoms with Gasteiger partial charge in [-0.1, -0.05) is 0 Å². The van der Waals surface area contributed by atoms with Crippen molar-refractivity contribution >= 4 is 0 Å². The smallest absolute Gasteiger partial charge is 0.105 e. The minimum Gasteiger partial charge on any atom is -0.386 e. The van der Waals surface area contributed by atoms with E-state index in [9.17, 15) is 5.11 Å². The van der Waals surface area contributed by atoms with E-state index >= 15 is 0 Å². The van der Waals surface area contributed by atoms with Crippen LogP contribution in [0.2, 0.25) is 0 Å². The quantitative estimate of drug-likeness (QED) is 0.699. The van der Waals surface area contributed by atoms with Gasteiger partial charge in [0.05, 0.1) is 5.69 Å². The van der Waals surface area contributed by atoms with E-state index in [1.54, 1.807) is 4.68 Å². The number of hydrogen-bond donors (Lipinski definition) is 2. The van der Waals surface area contributed by atoms with Crippen molar-refractivity contribution in [3.63, 3.8) is 0 Å². The SMILES string of the molecule is Cn1ccc(C(O)C2(CN)CC2)n1. The molecule has 0 spiro atoms. The Morgan fingerprint density at radius 2 is 2.46 bits per heavy atom. The van der Waals surface area contributed by atoms with Crippen molar-refractivity contribution in [2.45, 2.75) is 18.9 Å². The molecule has 1 unspecified atom stereocenters. The highest BCUT2D eigenvalue weighted by molar-refractivity contribution is 5.13. The summed E-state index contributed by atoms with van der Waals surface area (Å²) < 4.78 is 1.70. The van der Waals surface area contributed by atoms with Crippen LogP contribution < -0.4 is 5.73 Å². The van der Waals surface area contributed by atoms with Gasteiger partial charge in [0.25, 0.3) is 0 Å². The molecule has 1 fully saturated rings. The summed E-state index contributed by atoms with van der Waals surface area (Å²) >= 11 is 0. The monoisotopic (exact) mass is 181 g/mol. The highest BCUT2D eigenvalue weighted by Crippen LogP contribution is 2.53. The summed E-state index contributed by atoms with van der Waals surface area (Å²) in [7, 11) is 1.85. The van der Waals surface area contributed by atoms with Crippen LogP contribution in [0.3, 0.4) is 0 Å². The van der Waals surface area contributed by atoms with Crippen molar-refractivity contribution in [1.82, 2.24) is 9.78 Å². The molecule has 4 nitrogen and oxygen atoms in total. The van der Waals surface area contributed by atoms with Crippen LogP contribution in [0.5, 0.6) is 0 Å². The maximum atomic E-state index is 9.97. The number of hydrogen-bond acceptors (Lipinski definition) is 3. The van der Waals surface area contributed by atoms with Gasteiger partial charge in [-0.15, -0.1) is 0 Å². The van der Waals surface area contributed by atoms with E-state index in [-0.39, 0.29) is 5.41 Å². The van der Waals surface area contributed by atoms with Gasteiger partial charge < -0.3 is 10.8 Å². The lowest BCUT2D eigenvalue weighted by atomic mass is 9.97. The molecule has 1 aliphatic rings. The fourth-order valence-corrected chi connectivity index (χ4v) is 1.64. The predicted molar refractivity (Wildman–Crippen MR) is 48.9 cm³/mol. The molecule has 13 heavy (non-hydrogen) atoms. The van der Waals surface area contributed by atoms with Crippen LogP contribution in [0.4, 0.5) is 0 Å². The van der Waals surface area contributed by atoms with Gasteiger partial charge in [0.15, 0.2) is 0 Å². The van der Waals surface area contributed by atoms with Gasteiger partial charge >= 0.3 is 0 Å². The Kier molecular flexibility index (Phi) is 1.89. The van der Waals surface area contributed by atoms with Crippen molar-refractivity contribution in [3.05, 3.63) is 18.0 Å². The Morgan fingerprint density at radius 3 is 2.85 bits per heavy atom. The standard InChI is InChI=1S/C9H15N3O/c1-12-5-2-7(11-12)8(13)9(6-10)3-4-9/h2,5,8,13H,3-4,6,10H2,1H3. The third-order valence-corrected chi connectivity index (χ3v) is 2.89. The van der Waals surface area contributed by atoms with Crippen molar-refractivity contribution in [3.8, 4) is 0 Å². The van der Waals surface area contributed by atoms with E-state index in [2.05, 4.69) is 5.10 Å². The van der Waals surface area contributed by atoms with Crippen molar-refractivity contribution in [1.29, 1.82) is 0 Å². The van der Waals surface area contributed by atoms with Crippen LogP contribution in [0.15, 0.2) is 12.3 Å². The molecule has 0 saturated heterocycles. The minimum absolute atomic E-state index is 0.0750. The summed E-state index contributed by atoms with van der Waals surface area (Å²) in [6.07, 6.45) is 3.38.